The number of aromatic amines is 2. The Balaban J connectivity index is 1.43. The molecule has 0 fully saturated rings. The summed E-state index contributed by atoms with van der Waals surface area (Å²) in [7, 11) is 0. The van der Waals surface area contributed by atoms with Gasteiger partial charge in [0.15, 0.2) is 0 Å². The molecule has 5 rings (SSSR count). The van der Waals surface area contributed by atoms with Crippen LogP contribution in [-0.2, 0) is 43.2 Å². The summed E-state index contributed by atoms with van der Waals surface area (Å²) in [6, 6.07) is 18.8. The van der Waals surface area contributed by atoms with Gasteiger partial charge in [-0.15, -0.1) is 0 Å². The van der Waals surface area contributed by atoms with Crippen molar-refractivity contribution in [3.63, 3.8) is 0 Å². The first-order valence-corrected chi connectivity index (χ1v) is 15.8. The largest absolute Gasteiger partial charge is 0.481 e. The van der Waals surface area contributed by atoms with Crippen molar-refractivity contribution in [1.82, 2.24) is 25.9 Å². The number of aliphatic carboxylic acids is 2. The number of rotatable bonds is 16. The first-order valence-electron chi connectivity index (χ1n) is 15.8. The molecule has 254 valence electrons. The summed E-state index contributed by atoms with van der Waals surface area (Å²) >= 11 is 0. The molecular formula is C36H38N6O7. The minimum absolute atomic E-state index is 0.00510. The lowest BCUT2D eigenvalue weighted by atomic mass is 10.0. The maximum atomic E-state index is 14.1. The molecule has 0 aliphatic rings. The van der Waals surface area contributed by atoms with Crippen molar-refractivity contribution in [2.24, 2.45) is 5.73 Å². The van der Waals surface area contributed by atoms with E-state index in [1.165, 1.54) is 0 Å². The Morgan fingerprint density at radius 2 is 1.08 bits per heavy atom. The molecule has 13 nitrogen and oxygen atoms in total. The van der Waals surface area contributed by atoms with Crippen LogP contribution in [0.15, 0.2) is 91.3 Å². The number of carbonyl (C=O) groups excluding carboxylic acids is 3. The molecule has 9 N–H and O–H groups in total. The number of H-pyrrole nitrogens is 2. The van der Waals surface area contributed by atoms with E-state index in [0.29, 0.717) is 16.7 Å². The van der Waals surface area contributed by atoms with Crippen LogP contribution in [0.3, 0.4) is 0 Å². The first-order chi connectivity index (χ1) is 23.6. The maximum absolute atomic E-state index is 14.1. The van der Waals surface area contributed by atoms with Crippen molar-refractivity contribution in [2.45, 2.75) is 56.3 Å². The summed E-state index contributed by atoms with van der Waals surface area (Å²) in [4.78, 5) is 70.7. The Bertz CT molecular complexity index is 1950. The second-order valence-electron chi connectivity index (χ2n) is 11.9. The van der Waals surface area contributed by atoms with Crippen LogP contribution in [0, 0.1) is 0 Å². The molecule has 0 radical (unpaired) electrons. The van der Waals surface area contributed by atoms with Gasteiger partial charge in [-0.05, 0) is 35.2 Å². The molecule has 0 aliphatic carbocycles. The van der Waals surface area contributed by atoms with Gasteiger partial charge in [0.05, 0.1) is 6.04 Å². The number of carboxylic acids is 2. The number of hydrogen-bond donors (Lipinski definition) is 8. The van der Waals surface area contributed by atoms with Crippen molar-refractivity contribution in [3.05, 3.63) is 108 Å². The Morgan fingerprint density at radius 1 is 0.612 bits per heavy atom. The predicted octanol–water partition coefficient (Wildman–Crippen LogP) is 2.41. The lowest BCUT2D eigenvalue weighted by Gasteiger charge is -2.25. The average Bonchev–Trinajstić information content (AvgIpc) is 3.70. The minimum atomic E-state index is -1.29. The summed E-state index contributed by atoms with van der Waals surface area (Å²) in [6.07, 6.45) is 3.00. The topological polar surface area (TPSA) is 219 Å². The van der Waals surface area contributed by atoms with Crippen LogP contribution in [0.4, 0.5) is 0 Å². The van der Waals surface area contributed by atoms with Crippen LogP contribution in [-0.4, -0.2) is 74.0 Å². The van der Waals surface area contributed by atoms with Crippen LogP contribution in [0.25, 0.3) is 21.8 Å². The quantitative estimate of drug-likeness (QED) is 0.0780. The molecule has 2 aromatic heterocycles. The number of nitrogens with one attached hydrogen (secondary N) is 5. The molecule has 4 atom stereocenters. The molecule has 0 spiro atoms. The van der Waals surface area contributed by atoms with Crippen LogP contribution < -0.4 is 21.7 Å². The number of benzene rings is 3. The normalized spacial score (nSPS) is 13.7. The van der Waals surface area contributed by atoms with Crippen molar-refractivity contribution in [3.8, 4) is 0 Å². The highest BCUT2D eigenvalue weighted by atomic mass is 16.4. The first kappa shape index (κ1) is 34.4. The van der Waals surface area contributed by atoms with Crippen LogP contribution in [0.5, 0.6) is 0 Å². The Kier molecular flexibility index (Phi) is 11.1. The van der Waals surface area contributed by atoms with Gasteiger partial charge in [-0.1, -0.05) is 66.7 Å². The van der Waals surface area contributed by atoms with E-state index in [2.05, 4.69) is 25.9 Å². The molecule has 0 aliphatic heterocycles. The van der Waals surface area contributed by atoms with Gasteiger partial charge in [0.2, 0.25) is 17.7 Å². The minimum Gasteiger partial charge on any atom is -0.481 e. The van der Waals surface area contributed by atoms with E-state index in [0.717, 1.165) is 21.8 Å². The number of nitrogens with two attached hydrogens (primary N) is 1. The summed E-state index contributed by atoms with van der Waals surface area (Å²) in [6.45, 7) is 0. The van der Waals surface area contributed by atoms with Gasteiger partial charge >= 0.3 is 11.9 Å². The average molecular weight is 667 g/mol. The molecule has 13 heteroatoms. The molecule has 2 heterocycles. The number of carboxylic acid groups (broad SMARTS) is 2. The standard InChI is InChI=1S/C36H38N6O7/c37-26(14-15-32(43)44)33(45)40-29(17-22-19-38-27-12-6-4-10-24(22)27)34(46)41-30(18-23-20-39-28-13-7-5-11-25(23)28)35(47)42-31(36(48)49)16-21-8-2-1-3-9-21/h1-13,19-20,26,29-31,38-39H,14-18,37H2,(H,40,45)(H,41,46)(H,42,47)(H,43,44)(H,48,49). The third kappa shape index (κ3) is 8.90. The molecule has 3 aromatic carbocycles. The molecule has 0 bridgehead atoms. The monoisotopic (exact) mass is 666 g/mol. The van der Waals surface area contributed by atoms with Gasteiger partial charge in [0.25, 0.3) is 0 Å². The smallest absolute Gasteiger partial charge is 0.326 e. The Hall–Kier alpha value is -5.95. The number of aromatic nitrogens is 2. The van der Waals surface area contributed by atoms with E-state index in [1.807, 2.05) is 48.5 Å². The zero-order chi connectivity index (χ0) is 34.9. The molecular weight excluding hydrogens is 628 g/mol. The fourth-order valence-corrected chi connectivity index (χ4v) is 5.74. The van der Waals surface area contributed by atoms with Gasteiger partial charge in [0, 0.05) is 59.9 Å². The summed E-state index contributed by atoms with van der Waals surface area (Å²) in [5.41, 5.74) is 9.73. The highest BCUT2D eigenvalue weighted by Crippen LogP contribution is 2.21. The summed E-state index contributed by atoms with van der Waals surface area (Å²) in [5.74, 6) is -4.52. The number of amides is 3. The zero-order valence-electron chi connectivity index (χ0n) is 26.5. The maximum Gasteiger partial charge on any atom is 0.326 e. The van der Waals surface area contributed by atoms with E-state index in [1.54, 1.807) is 42.7 Å². The zero-order valence-corrected chi connectivity index (χ0v) is 26.5. The number of para-hydroxylation sites is 2. The van der Waals surface area contributed by atoms with E-state index < -0.39 is 53.8 Å². The lowest BCUT2D eigenvalue weighted by Crippen LogP contribution is -2.58. The fraction of sp³-hybridized carbons (Fsp3) is 0.250. The lowest BCUT2D eigenvalue weighted by molar-refractivity contribution is -0.142. The SMILES string of the molecule is NC(CCC(=O)O)C(=O)NC(Cc1c[nH]c2ccccc12)C(=O)NC(Cc1c[nH]c2ccccc12)C(=O)NC(Cc1ccccc1)C(=O)O. The van der Waals surface area contributed by atoms with Gasteiger partial charge in [0.1, 0.15) is 18.1 Å². The molecule has 0 saturated heterocycles. The van der Waals surface area contributed by atoms with Crippen molar-refractivity contribution in [1.29, 1.82) is 0 Å². The number of fused-ring (bicyclic) bond motifs is 2. The van der Waals surface area contributed by atoms with Crippen molar-refractivity contribution >= 4 is 51.5 Å². The van der Waals surface area contributed by atoms with Gasteiger partial charge in [-0.2, -0.15) is 0 Å². The summed E-state index contributed by atoms with van der Waals surface area (Å²) < 4.78 is 0. The van der Waals surface area contributed by atoms with E-state index in [4.69, 9.17) is 10.8 Å². The number of hydrogen-bond acceptors (Lipinski definition) is 6. The highest BCUT2D eigenvalue weighted by molar-refractivity contribution is 5.95. The molecule has 3 amide bonds. The third-order valence-corrected chi connectivity index (χ3v) is 8.37. The second kappa shape index (κ2) is 15.8. The molecule has 49 heavy (non-hydrogen) atoms. The summed E-state index contributed by atoms with van der Waals surface area (Å²) in [5, 5.41) is 28.7. The molecule has 5 aromatic rings. The fourth-order valence-electron chi connectivity index (χ4n) is 5.74. The predicted molar refractivity (Wildman–Crippen MR) is 182 cm³/mol. The third-order valence-electron chi connectivity index (χ3n) is 8.37. The van der Waals surface area contributed by atoms with E-state index in [9.17, 15) is 29.1 Å². The van der Waals surface area contributed by atoms with Crippen LogP contribution in [0.2, 0.25) is 0 Å². The Morgan fingerprint density at radius 3 is 1.59 bits per heavy atom. The Labute approximate surface area is 281 Å². The van der Waals surface area contributed by atoms with Gasteiger partial charge in [-0.25, -0.2) is 4.79 Å². The second-order valence-corrected chi connectivity index (χ2v) is 11.9. The van der Waals surface area contributed by atoms with Crippen LogP contribution in [0.1, 0.15) is 29.5 Å². The number of carbonyl (C=O) groups is 5. The van der Waals surface area contributed by atoms with Crippen molar-refractivity contribution in [2.75, 3.05) is 0 Å². The van der Waals surface area contributed by atoms with E-state index >= 15 is 0 Å². The van der Waals surface area contributed by atoms with Gasteiger partial charge in [-0.3, -0.25) is 19.2 Å². The molecule has 0 saturated carbocycles. The molecule has 4 unspecified atom stereocenters. The highest BCUT2D eigenvalue weighted by Gasteiger charge is 2.32. The van der Waals surface area contributed by atoms with Crippen LogP contribution >= 0.6 is 0 Å². The van der Waals surface area contributed by atoms with E-state index in [-0.39, 0.29) is 32.1 Å². The van der Waals surface area contributed by atoms with Gasteiger partial charge < -0.3 is 41.9 Å². The van der Waals surface area contributed by atoms with Crippen molar-refractivity contribution < 1.29 is 34.2 Å².